The van der Waals surface area contributed by atoms with Gasteiger partial charge in [-0.1, -0.05) is 0 Å². The Kier molecular flexibility index (Phi) is 2.89. The lowest BCUT2D eigenvalue weighted by molar-refractivity contribution is -0.0250. The first kappa shape index (κ1) is 10.4. The zero-order valence-electron chi connectivity index (χ0n) is 8.84. The highest BCUT2D eigenvalue weighted by Gasteiger charge is 2.34. The van der Waals surface area contributed by atoms with Crippen LogP contribution in [-0.2, 0) is 4.74 Å². The topological polar surface area (TPSA) is 74.6 Å². The molecule has 0 spiro atoms. The molecule has 2 rings (SSSR count). The van der Waals surface area contributed by atoms with E-state index in [1.165, 1.54) is 0 Å². The summed E-state index contributed by atoms with van der Waals surface area (Å²) in [5, 5.41) is 14.9. The number of rotatable bonds is 1. The van der Waals surface area contributed by atoms with Crippen LogP contribution in [0.25, 0.3) is 0 Å². The lowest BCUT2D eigenvalue weighted by atomic mass is 10.0. The van der Waals surface area contributed by atoms with Crippen LogP contribution in [0.15, 0.2) is 5.10 Å². The first-order valence-electron chi connectivity index (χ1n) is 5.31. The van der Waals surface area contributed by atoms with Crippen LogP contribution in [0.3, 0.4) is 0 Å². The molecule has 0 radical (unpaired) electrons. The van der Waals surface area contributed by atoms with Gasteiger partial charge in [0.05, 0.1) is 18.2 Å². The van der Waals surface area contributed by atoms with Gasteiger partial charge in [-0.3, -0.25) is 5.01 Å². The largest absolute Gasteiger partial charge is 0.378 e. The minimum atomic E-state index is -0.287. The highest BCUT2D eigenvalue weighted by Crippen LogP contribution is 2.24. The second-order valence-electron chi connectivity index (χ2n) is 4.15. The van der Waals surface area contributed by atoms with Crippen LogP contribution in [0.5, 0.6) is 0 Å². The molecule has 5 heteroatoms. The number of nitriles is 1. The van der Waals surface area contributed by atoms with E-state index in [2.05, 4.69) is 18.1 Å². The van der Waals surface area contributed by atoms with Gasteiger partial charge in [-0.2, -0.15) is 10.4 Å². The molecule has 0 aromatic carbocycles. The number of hydrazone groups is 1. The SMILES string of the molecule is CC1CC(N2N=CC(C#N)C2N)CCO1. The normalized spacial score (nSPS) is 40.5. The van der Waals surface area contributed by atoms with Crippen molar-refractivity contribution in [2.24, 2.45) is 16.8 Å². The Morgan fingerprint density at radius 1 is 1.67 bits per heavy atom. The first-order valence-corrected chi connectivity index (χ1v) is 5.31. The van der Waals surface area contributed by atoms with E-state index in [-0.39, 0.29) is 18.2 Å². The third kappa shape index (κ3) is 1.96. The van der Waals surface area contributed by atoms with E-state index in [1.807, 2.05) is 5.01 Å². The van der Waals surface area contributed by atoms with Gasteiger partial charge in [0.1, 0.15) is 12.1 Å². The third-order valence-corrected chi connectivity index (χ3v) is 3.01. The van der Waals surface area contributed by atoms with Crippen LogP contribution in [0.2, 0.25) is 0 Å². The van der Waals surface area contributed by atoms with Crippen molar-refractivity contribution in [1.29, 1.82) is 5.26 Å². The summed E-state index contributed by atoms with van der Waals surface area (Å²) in [4.78, 5) is 0. The van der Waals surface area contributed by atoms with Crippen molar-refractivity contribution < 1.29 is 4.74 Å². The fourth-order valence-electron chi connectivity index (χ4n) is 2.14. The number of hydrogen-bond acceptors (Lipinski definition) is 5. The van der Waals surface area contributed by atoms with E-state index >= 15 is 0 Å². The van der Waals surface area contributed by atoms with E-state index < -0.39 is 0 Å². The molecule has 4 unspecified atom stereocenters. The quantitative estimate of drug-likeness (QED) is 0.671. The summed E-state index contributed by atoms with van der Waals surface area (Å²) in [5.41, 5.74) is 5.95. The Morgan fingerprint density at radius 3 is 3.07 bits per heavy atom. The van der Waals surface area contributed by atoms with Crippen molar-refractivity contribution in [3.05, 3.63) is 0 Å². The molecule has 0 saturated carbocycles. The van der Waals surface area contributed by atoms with Crippen LogP contribution in [0.1, 0.15) is 19.8 Å². The molecular weight excluding hydrogens is 192 g/mol. The molecule has 0 amide bonds. The van der Waals surface area contributed by atoms with Gasteiger partial charge in [0.25, 0.3) is 0 Å². The fourth-order valence-corrected chi connectivity index (χ4v) is 2.14. The van der Waals surface area contributed by atoms with E-state index in [0.717, 1.165) is 19.4 Å². The maximum atomic E-state index is 8.83. The summed E-state index contributed by atoms with van der Waals surface area (Å²) in [5.74, 6) is -0.275. The minimum Gasteiger partial charge on any atom is -0.378 e. The first-order chi connectivity index (χ1) is 7.22. The van der Waals surface area contributed by atoms with Crippen molar-refractivity contribution in [3.8, 4) is 6.07 Å². The van der Waals surface area contributed by atoms with Gasteiger partial charge in [0.2, 0.25) is 0 Å². The minimum absolute atomic E-state index is 0.257. The van der Waals surface area contributed by atoms with Gasteiger partial charge < -0.3 is 10.5 Å². The van der Waals surface area contributed by atoms with Crippen molar-refractivity contribution in [2.45, 2.75) is 38.1 Å². The second-order valence-corrected chi connectivity index (χ2v) is 4.15. The Labute approximate surface area is 89.5 Å². The molecule has 0 bridgehead atoms. The Bertz CT molecular complexity index is 298. The van der Waals surface area contributed by atoms with Crippen LogP contribution >= 0.6 is 0 Å². The van der Waals surface area contributed by atoms with Crippen molar-refractivity contribution >= 4 is 6.21 Å². The molecule has 0 aromatic heterocycles. The zero-order chi connectivity index (χ0) is 10.8. The van der Waals surface area contributed by atoms with Crippen LogP contribution in [0, 0.1) is 17.2 Å². The molecule has 2 heterocycles. The number of nitrogens with two attached hydrogens (primary N) is 1. The molecule has 2 N–H and O–H groups in total. The summed E-state index contributed by atoms with van der Waals surface area (Å²) in [7, 11) is 0. The average molecular weight is 208 g/mol. The molecule has 5 nitrogen and oxygen atoms in total. The molecule has 1 saturated heterocycles. The lowest BCUT2D eigenvalue weighted by Gasteiger charge is -2.35. The molecule has 2 aliphatic heterocycles. The molecule has 0 aliphatic carbocycles. The summed E-state index contributed by atoms with van der Waals surface area (Å²) >= 11 is 0. The molecule has 82 valence electrons. The van der Waals surface area contributed by atoms with Crippen molar-refractivity contribution in [1.82, 2.24) is 5.01 Å². The Hall–Kier alpha value is -1.12. The van der Waals surface area contributed by atoms with E-state index in [9.17, 15) is 0 Å². The second kappa shape index (κ2) is 4.17. The predicted octanol–water partition coefficient (Wildman–Crippen LogP) is 0.280. The zero-order valence-corrected chi connectivity index (χ0v) is 8.84. The summed E-state index contributed by atoms with van der Waals surface area (Å²) in [6.45, 7) is 2.81. The van der Waals surface area contributed by atoms with Gasteiger partial charge in [-0.05, 0) is 19.8 Å². The highest BCUT2D eigenvalue weighted by molar-refractivity contribution is 5.66. The highest BCUT2D eigenvalue weighted by atomic mass is 16.5. The third-order valence-electron chi connectivity index (χ3n) is 3.01. The number of ether oxygens (including phenoxy) is 1. The Morgan fingerprint density at radius 2 is 2.47 bits per heavy atom. The van der Waals surface area contributed by atoms with Crippen LogP contribution in [-0.4, -0.2) is 36.1 Å². The Balaban J connectivity index is 2.00. The maximum Gasteiger partial charge on any atom is 0.118 e. The summed E-state index contributed by atoms with van der Waals surface area (Å²) in [6.07, 6.45) is 3.49. The van der Waals surface area contributed by atoms with Gasteiger partial charge in [-0.25, -0.2) is 0 Å². The van der Waals surface area contributed by atoms with E-state index in [4.69, 9.17) is 15.7 Å². The predicted molar refractivity (Wildman–Crippen MR) is 55.8 cm³/mol. The van der Waals surface area contributed by atoms with Crippen LogP contribution < -0.4 is 5.73 Å². The monoisotopic (exact) mass is 208 g/mol. The van der Waals surface area contributed by atoms with Gasteiger partial charge in [0, 0.05) is 12.8 Å². The van der Waals surface area contributed by atoms with E-state index in [1.54, 1.807) is 6.21 Å². The van der Waals surface area contributed by atoms with Gasteiger partial charge in [0.15, 0.2) is 0 Å². The van der Waals surface area contributed by atoms with Crippen LogP contribution in [0.4, 0.5) is 0 Å². The van der Waals surface area contributed by atoms with Gasteiger partial charge in [-0.15, -0.1) is 0 Å². The van der Waals surface area contributed by atoms with Crippen molar-refractivity contribution in [3.63, 3.8) is 0 Å². The van der Waals surface area contributed by atoms with Crippen molar-refractivity contribution in [2.75, 3.05) is 6.61 Å². The standard InChI is InChI=1S/C10H16N4O/c1-7-4-9(2-3-15-7)14-10(12)8(5-11)6-13-14/h6-10H,2-4,12H2,1H3. The number of nitrogens with zero attached hydrogens (tertiary/aromatic N) is 3. The maximum absolute atomic E-state index is 8.83. The average Bonchev–Trinajstić information content (AvgIpc) is 2.59. The van der Waals surface area contributed by atoms with E-state index in [0.29, 0.717) is 6.04 Å². The number of hydrogen-bond donors (Lipinski definition) is 1. The summed E-state index contributed by atoms with van der Waals surface area (Å²) in [6, 6.07) is 2.46. The fraction of sp³-hybridized carbons (Fsp3) is 0.800. The molecule has 4 atom stereocenters. The molecule has 0 aromatic rings. The smallest absolute Gasteiger partial charge is 0.118 e. The summed E-state index contributed by atoms with van der Waals surface area (Å²) < 4.78 is 5.47. The molecule has 15 heavy (non-hydrogen) atoms. The molecule has 1 fully saturated rings. The molecule has 2 aliphatic rings. The molecular formula is C10H16N4O. The lowest BCUT2D eigenvalue weighted by Crippen LogP contribution is -2.48. The van der Waals surface area contributed by atoms with Gasteiger partial charge >= 0.3 is 0 Å².